The predicted octanol–water partition coefficient (Wildman–Crippen LogP) is 6.53. The van der Waals surface area contributed by atoms with E-state index in [9.17, 15) is 14.7 Å². The van der Waals surface area contributed by atoms with E-state index in [2.05, 4.69) is 15.9 Å². The lowest BCUT2D eigenvalue weighted by Gasteiger charge is -2.24. The number of benzene rings is 2. The van der Waals surface area contributed by atoms with Crippen LogP contribution in [-0.2, 0) is 4.79 Å². The quantitative estimate of drug-likeness (QED) is 0.314. The van der Waals surface area contributed by atoms with Crippen LogP contribution in [0.5, 0.6) is 0 Å². The fourth-order valence-corrected chi connectivity index (χ4v) is 4.28. The minimum absolute atomic E-state index is 0.0115. The summed E-state index contributed by atoms with van der Waals surface area (Å²) in [6.45, 7) is 1.76. The highest BCUT2D eigenvalue weighted by Gasteiger charge is 2.46. The van der Waals surface area contributed by atoms with E-state index >= 15 is 0 Å². The summed E-state index contributed by atoms with van der Waals surface area (Å²) in [6, 6.07) is 16.0. The number of carbonyl (C=O) groups is 2. The van der Waals surface area contributed by atoms with Crippen LogP contribution in [0.2, 0.25) is 5.02 Å². The van der Waals surface area contributed by atoms with Crippen molar-refractivity contribution >= 4 is 55.9 Å². The summed E-state index contributed by atoms with van der Waals surface area (Å²) in [4.78, 5) is 28.0. The van der Waals surface area contributed by atoms with Crippen molar-refractivity contribution < 1.29 is 23.5 Å². The number of Topliss-reactive ketones (excluding diaryl/α,β-unsaturated/α-hetero) is 1. The zero-order chi connectivity index (χ0) is 22.6. The van der Waals surface area contributed by atoms with Gasteiger partial charge in [-0.3, -0.25) is 14.5 Å². The highest BCUT2D eigenvalue weighted by atomic mass is 79.9. The number of anilines is 1. The molecule has 0 bridgehead atoms. The second-order valence-electron chi connectivity index (χ2n) is 7.39. The molecule has 2 aromatic carbocycles. The lowest BCUT2D eigenvalue weighted by Crippen LogP contribution is -2.30. The van der Waals surface area contributed by atoms with Gasteiger partial charge in [-0.25, -0.2) is 0 Å². The largest absolute Gasteiger partial charge is 0.503 e. The molecular formula is C24H15BrClNO5. The number of aliphatic hydroxyl groups is 1. The number of ketones is 1. The molecule has 0 saturated carbocycles. The van der Waals surface area contributed by atoms with Crippen molar-refractivity contribution in [2.75, 3.05) is 4.90 Å². The number of amides is 1. The van der Waals surface area contributed by atoms with Crippen LogP contribution in [0.4, 0.5) is 5.69 Å². The molecule has 0 fully saturated rings. The number of rotatable bonds is 4. The molecule has 1 atom stereocenters. The van der Waals surface area contributed by atoms with Crippen LogP contribution in [0.15, 0.2) is 85.3 Å². The van der Waals surface area contributed by atoms with E-state index in [-0.39, 0.29) is 11.3 Å². The first-order chi connectivity index (χ1) is 15.3. The average Bonchev–Trinajstić information content (AvgIpc) is 3.45. The molecule has 4 aromatic rings. The standard InChI is InChI=1S/C24H15BrClNO5/c1-12-2-8-18(31-12)21-20(22(28)19-11-13-10-15(26)5-9-17(13)32-19)23(29)24(30)27(21)16-6-3-14(25)4-7-16/h2-11,21,29H,1H3. The molecule has 0 aliphatic carbocycles. The van der Waals surface area contributed by atoms with E-state index in [0.29, 0.717) is 33.2 Å². The van der Waals surface area contributed by atoms with Crippen LogP contribution >= 0.6 is 27.5 Å². The Hall–Kier alpha value is -3.29. The number of fused-ring (bicyclic) bond motifs is 1. The van der Waals surface area contributed by atoms with Gasteiger partial charge in [-0.2, -0.15) is 0 Å². The first-order valence-corrected chi connectivity index (χ1v) is 10.8. The van der Waals surface area contributed by atoms with Gasteiger partial charge in [0, 0.05) is 20.6 Å². The number of carbonyl (C=O) groups excluding carboxylic acids is 2. The summed E-state index contributed by atoms with van der Waals surface area (Å²) in [5.41, 5.74) is 0.859. The molecule has 5 rings (SSSR count). The topological polar surface area (TPSA) is 83.9 Å². The van der Waals surface area contributed by atoms with E-state index < -0.39 is 23.5 Å². The highest BCUT2D eigenvalue weighted by molar-refractivity contribution is 9.10. The molecule has 32 heavy (non-hydrogen) atoms. The second-order valence-corrected chi connectivity index (χ2v) is 8.74. The number of hydrogen-bond donors (Lipinski definition) is 1. The molecule has 0 radical (unpaired) electrons. The third kappa shape index (κ3) is 3.34. The summed E-state index contributed by atoms with van der Waals surface area (Å²) in [5.74, 6) is -1.00. The van der Waals surface area contributed by atoms with Crippen LogP contribution in [0, 0.1) is 6.92 Å². The number of aliphatic hydroxyl groups excluding tert-OH is 1. The van der Waals surface area contributed by atoms with Crippen LogP contribution in [0.1, 0.15) is 28.1 Å². The molecule has 2 aromatic heterocycles. The smallest absolute Gasteiger partial charge is 0.294 e. The van der Waals surface area contributed by atoms with E-state index in [1.54, 1.807) is 67.6 Å². The Balaban J connectivity index is 1.65. The molecule has 0 saturated heterocycles. The molecule has 6 nitrogen and oxygen atoms in total. The third-order valence-corrected chi connectivity index (χ3v) is 6.05. The first-order valence-electron chi connectivity index (χ1n) is 9.66. The Morgan fingerprint density at radius 1 is 1.06 bits per heavy atom. The Kier molecular flexibility index (Phi) is 4.95. The van der Waals surface area contributed by atoms with Gasteiger partial charge in [0.2, 0.25) is 5.78 Å². The predicted molar refractivity (Wildman–Crippen MR) is 123 cm³/mol. The Bertz CT molecular complexity index is 1420. The fourth-order valence-electron chi connectivity index (χ4n) is 3.83. The van der Waals surface area contributed by atoms with Crippen LogP contribution in [0.3, 0.4) is 0 Å². The Morgan fingerprint density at radius 2 is 1.81 bits per heavy atom. The minimum Gasteiger partial charge on any atom is -0.503 e. The molecule has 8 heteroatoms. The Labute approximate surface area is 195 Å². The number of halogens is 2. The fraction of sp³-hybridized carbons (Fsp3) is 0.0833. The van der Waals surface area contributed by atoms with Crippen molar-refractivity contribution in [1.29, 1.82) is 0 Å². The summed E-state index contributed by atoms with van der Waals surface area (Å²) in [5, 5.41) is 11.9. The first kappa shape index (κ1) is 20.6. The van der Waals surface area contributed by atoms with Gasteiger partial charge in [-0.15, -0.1) is 0 Å². The van der Waals surface area contributed by atoms with Crippen molar-refractivity contribution in [3.63, 3.8) is 0 Å². The zero-order valence-electron chi connectivity index (χ0n) is 16.6. The lowest BCUT2D eigenvalue weighted by molar-refractivity contribution is -0.117. The molecular weight excluding hydrogens is 498 g/mol. The van der Waals surface area contributed by atoms with Crippen LogP contribution in [-0.4, -0.2) is 16.8 Å². The minimum atomic E-state index is -0.957. The van der Waals surface area contributed by atoms with Crippen molar-refractivity contribution in [3.8, 4) is 0 Å². The molecule has 160 valence electrons. The summed E-state index contributed by atoms with van der Waals surface area (Å²) >= 11 is 9.41. The molecule has 3 heterocycles. The highest BCUT2D eigenvalue weighted by Crippen LogP contribution is 2.43. The van der Waals surface area contributed by atoms with Gasteiger partial charge in [-0.05, 0) is 67.6 Å². The normalized spacial score (nSPS) is 16.4. The molecule has 1 aliphatic rings. The van der Waals surface area contributed by atoms with Crippen molar-refractivity contribution in [2.45, 2.75) is 13.0 Å². The molecule has 1 unspecified atom stereocenters. The molecule has 1 amide bonds. The number of hydrogen-bond acceptors (Lipinski definition) is 5. The van der Waals surface area contributed by atoms with Crippen molar-refractivity contribution in [3.05, 3.63) is 98.8 Å². The van der Waals surface area contributed by atoms with Crippen LogP contribution < -0.4 is 4.90 Å². The summed E-state index contributed by atoms with van der Waals surface area (Å²) in [7, 11) is 0. The lowest BCUT2D eigenvalue weighted by atomic mass is 9.99. The SMILES string of the molecule is Cc1ccc(C2C(C(=O)c3cc4cc(Cl)ccc4o3)=C(O)C(=O)N2c2ccc(Br)cc2)o1. The van der Waals surface area contributed by atoms with Gasteiger partial charge < -0.3 is 13.9 Å². The zero-order valence-corrected chi connectivity index (χ0v) is 19.0. The van der Waals surface area contributed by atoms with E-state index in [4.69, 9.17) is 20.4 Å². The molecule has 0 spiro atoms. The number of nitrogens with zero attached hydrogens (tertiary/aromatic N) is 1. The Morgan fingerprint density at radius 3 is 2.50 bits per heavy atom. The maximum Gasteiger partial charge on any atom is 0.294 e. The van der Waals surface area contributed by atoms with E-state index in [0.717, 1.165) is 4.47 Å². The summed E-state index contributed by atoms with van der Waals surface area (Å²) in [6.07, 6.45) is 0. The average molecular weight is 513 g/mol. The van der Waals surface area contributed by atoms with E-state index in [1.807, 2.05) is 0 Å². The monoisotopic (exact) mass is 511 g/mol. The van der Waals surface area contributed by atoms with Gasteiger partial charge in [0.15, 0.2) is 11.5 Å². The van der Waals surface area contributed by atoms with Gasteiger partial charge in [-0.1, -0.05) is 27.5 Å². The number of furan rings is 2. The van der Waals surface area contributed by atoms with Gasteiger partial charge in [0.1, 0.15) is 23.1 Å². The van der Waals surface area contributed by atoms with Crippen molar-refractivity contribution in [2.24, 2.45) is 0 Å². The van der Waals surface area contributed by atoms with Gasteiger partial charge in [0.05, 0.1) is 5.57 Å². The third-order valence-electron chi connectivity index (χ3n) is 5.29. The maximum atomic E-state index is 13.5. The number of aryl methyl sites for hydroxylation is 1. The summed E-state index contributed by atoms with van der Waals surface area (Å²) < 4.78 is 12.3. The van der Waals surface area contributed by atoms with Crippen molar-refractivity contribution in [1.82, 2.24) is 0 Å². The van der Waals surface area contributed by atoms with Gasteiger partial charge in [0.25, 0.3) is 5.91 Å². The maximum absolute atomic E-state index is 13.5. The molecule has 1 N–H and O–H groups in total. The second kappa shape index (κ2) is 7.69. The molecule has 1 aliphatic heterocycles. The van der Waals surface area contributed by atoms with E-state index in [1.165, 1.54) is 4.90 Å². The van der Waals surface area contributed by atoms with Crippen LogP contribution in [0.25, 0.3) is 11.0 Å². The van der Waals surface area contributed by atoms with Gasteiger partial charge >= 0.3 is 0 Å².